The monoisotopic (exact) mass is 710 g/mol. The number of ether oxygens (including phenoxy) is 2. The van der Waals surface area contributed by atoms with Gasteiger partial charge in [-0.1, -0.05) is 126 Å². The molecular formula is C39H67O9P. The summed E-state index contributed by atoms with van der Waals surface area (Å²) in [7, 11) is -4.78. The van der Waals surface area contributed by atoms with Crippen LogP contribution in [0.3, 0.4) is 0 Å². The highest BCUT2D eigenvalue weighted by Gasteiger charge is 2.22. The van der Waals surface area contributed by atoms with Gasteiger partial charge >= 0.3 is 19.8 Å². The lowest BCUT2D eigenvalue weighted by Gasteiger charge is -2.18. The molecule has 0 aliphatic heterocycles. The number of rotatable bonds is 33. The molecule has 0 aromatic heterocycles. The van der Waals surface area contributed by atoms with Crippen LogP contribution in [0, 0.1) is 0 Å². The van der Waals surface area contributed by atoms with E-state index < -0.39 is 38.6 Å². The predicted molar refractivity (Wildman–Crippen MR) is 199 cm³/mol. The minimum atomic E-state index is -4.78. The van der Waals surface area contributed by atoms with Crippen LogP contribution in [0.2, 0.25) is 0 Å². The maximum absolute atomic E-state index is 12.3. The van der Waals surface area contributed by atoms with Crippen LogP contribution in [0.5, 0.6) is 0 Å². The minimum Gasteiger partial charge on any atom is -0.462 e. The van der Waals surface area contributed by atoms with Gasteiger partial charge in [-0.3, -0.25) is 14.1 Å². The van der Waals surface area contributed by atoms with Gasteiger partial charge in [-0.15, -0.1) is 0 Å². The van der Waals surface area contributed by atoms with Crippen LogP contribution in [0.25, 0.3) is 0 Å². The molecule has 0 unspecified atom stereocenters. The van der Waals surface area contributed by atoms with Crippen molar-refractivity contribution in [3.63, 3.8) is 0 Å². The lowest BCUT2D eigenvalue weighted by Crippen LogP contribution is -2.29. The third-order valence-electron chi connectivity index (χ3n) is 7.59. The van der Waals surface area contributed by atoms with E-state index in [4.69, 9.17) is 19.3 Å². The molecule has 2 atom stereocenters. The minimum absolute atomic E-state index is 0.153. The molecule has 0 rings (SSSR count). The van der Waals surface area contributed by atoms with Crippen LogP contribution < -0.4 is 0 Å². The zero-order valence-corrected chi connectivity index (χ0v) is 31.3. The van der Waals surface area contributed by atoms with E-state index in [1.807, 2.05) is 36.5 Å². The number of esters is 2. The van der Waals surface area contributed by atoms with E-state index in [0.29, 0.717) is 25.7 Å². The molecule has 3 N–H and O–H groups in total. The highest BCUT2D eigenvalue weighted by Crippen LogP contribution is 2.36. The summed E-state index contributed by atoms with van der Waals surface area (Å²) in [5.41, 5.74) is 0. The van der Waals surface area contributed by atoms with E-state index in [0.717, 1.165) is 51.4 Å². The number of phosphoric acid groups is 1. The van der Waals surface area contributed by atoms with Gasteiger partial charge in [0.2, 0.25) is 0 Å². The first kappa shape index (κ1) is 46.7. The number of allylic oxidation sites excluding steroid dienone is 8. The molecular weight excluding hydrogens is 643 g/mol. The van der Waals surface area contributed by atoms with Gasteiger partial charge < -0.3 is 24.4 Å². The van der Waals surface area contributed by atoms with Gasteiger partial charge in [-0.05, 0) is 70.6 Å². The maximum Gasteiger partial charge on any atom is 0.469 e. The van der Waals surface area contributed by atoms with Gasteiger partial charge in [0.1, 0.15) is 6.61 Å². The lowest BCUT2D eigenvalue weighted by atomic mass is 10.1. The number of phosphoric ester groups is 1. The van der Waals surface area contributed by atoms with Gasteiger partial charge in [0.25, 0.3) is 0 Å². The third kappa shape index (κ3) is 36.8. The van der Waals surface area contributed by atoms with E-state index in [2.05, 4.69) is 36.6 Å². The van der Waals surface area contributed by atoms with Crippen LogP contribution in [0.15, 0.2) is 60.8 Å². The third-order valence-corrected chi connectivity index (χ3v) is 8.07. The summed E-state index contributed by atoms with van der Waals surface area (Å²) in [6.07, 6.45) is 38.3. The summed E-state index contributed by atoms with van der Waals surface area (Å²) >= 11 is 0. The number of carbonyl (C=O) groups is 2. The second-order valence-electron chi connectivity index (χ2n) is 12.4. The average Bonchev–Trinajstić information content (AvgIpc) is 3.06. The van der Waals surface area contributed by atoms with E-state index in [1.54, 1.807) is 6.08 Å². The topological polar surface area (TPSA) is 140 Å². The second kappa shape index (κ2) is 34.2. The van der Waals surface area contributed by atoms with Crippen LogP contribution in [-0.4, -0.2) is 52.3 Å². The number of unbranched alkanes of at least 4 members (excludes halogenated alkanes) is 13. The molecule has 0 bridgehead atoms. The molecule has 0 aliphatic rings. The fourth-order valence-corrected chi connectivity index (χ4v) is 5.09. The smallest absolute Gasteiger partial charge is 0.462 e. The first-order chi connectivity index (χ1) is 23.7. The second-order valence-corrected chi connectivity index (χ2v) is 13.6. The molecule has 0 aromatic carbocycles. The zero-order valence-electron chi connectivity index (χ0n) is 30.4. The van der Waals surface area contributed by atoms with Crippen molar-refractivity contribution in [1.82, 2.24) is 0 Å². The Morgan fingerprint density at radius 3 is 1.90 bits per heavy atom. The Kier molecular flexibility index (Phi) is 32.6. The Morgan fingerprint density at radius 1 is 0.633 bits per heavy atom. The first-order valence-corrected chi connectivity index (χ1v) is 20.2. The Labute approximate surface area is 297 Å². The summed E-state index contributed by atoms with van der Waals surface area (Å²) in [6, 6.07) is 0. The normalized spacial score (nSPS) is 13.8. The average molecular weight is 711 g/mol. The van der Waals surface area contributed by atoms with Crippen molar-refractivity contribution in [3.8, 4) is 0 Å². The Hall–Kier alpha value is -2.29. The largest absolute Gasteiger partial charge is 0.469 e. The molecule has 0 amide bonds. The Bertz CT molecular complexity index is 996. The van der Waals surface area contributed by atoms with Crippen molar-refractivity contribution in [3.05, 3.63) is 60.8 Å². The van der Waals surface area contributed by atoms with Gasteiger partial charge in [-0.2, -0.15) is 0 Å². The molecule has 0 saturated carbocycles. The molecule has 282 valence electrons. The molecule has 0 aromatic rings. The maximum atomic E-state index is 12.3. The van der Waals surface area contributed by atoms with E-state index in [9.17, 15) is 19.3 Å². The summed E-state index contributed by atoms with van der Waals surface area (Å²) in [5.74, 6) is -1.01. The van der Waals surface area contributed by atoms with Crippen LogP contribution in [-0.2, 0) is 28.2 Å². The molecule has 0 saturated heterocycles. The number of aliphatic hydroxyl groups is 1. The fraction of sp³-hybridized carbons (Fsp3) is 0.692. The number of hydrogen-bond acceptors (Lipinski definition) is 7. The van der Waals surface area contributed by atoms with Gasteiger partial charge in [0.15, 0.2) is 6.10 Å². The Balaban J connectivity index is 4.17. The van der Waals surface area contributed by atoms with Gasteiger partial charge in [-0.25, -0.2) is 4.57 Å². The molecule has 0 spiro atoms. The van der Waals surface area contributed by atoms with Crippen molar-refractivity contribution >= 4 is 19.8 Å². The SMILES string of the molecule is CCCCC/C=C\C=C/[C@@H](O)C/C=C\C/C=C/CCCC(=O)OC[C@H](COP(=O)(O)O)OC(=O)CCCCCCC/C=C\CCCCCC. The summed E-state index contributed by atoms with van der Waals surface area (Å²) in [6.45, 7) is 3.49. The molecule has 9 nitrogen and oxygen atoms in total. The quantitative estimate of drug-likeness (QED) is 0.0200. The lowest BCUT2D eigenvalue weighted by molar-refractivity contribution is -0.161. The molecule has 10 heteroatoms. The molecule has 0 aliphatic carbocycles. The van der Waals surface area contributed by atoms with E-state index in [-0.39, 0.29) is 19.4 Å². The highest BCUT2D eigenvalue weighted by atomic mass is 31.2. The zero-order chi connectivity index (χ0) is 36.3. The van der Waals surface area contributed by atoms with Gasteiger partial charge in [0.05, 0.1) is 12.7 Å². The van der Waals surface area contributed by atoms with Crippen molar-refractivity contribution < 1.29 is 43.0 Å². The number of hydrogen-bond donors (Lipinski definition) is 3. The number of carbonyl (C=O) groups excluding carboxylic acids is 2. The standard InChI is InChI=1S/C39H67O9P/c1-3-5-7-9-11-12-13-14-15-16-20-25-29-33-39(42)48-37(35-47-49(43,44)45)34-46-38(41)32-28-24-21-17-19-23-27-31-36(40)30-26-22-18-10-8-6-4-2/h12-13,17-18,21-23,26-27,30,36-37,40H,3-11,14-16,19-20,24-25,28-29,31-35H2,1-2H3,(H2,43,44,45)/b13-12-,21-17+,22-18-,27-23-,30-26-/t36-,37-/m1/s1. The fourth-order valence-electron chi connectivity index (χ4n) is 4.73. The first-order valence-electron chi connectivity index (χ1n) is 18.7. The molecule has 0 radical (unpaired) electrons. The van der Waals surface area contributed by atoms with Crippen LogP contribution >= 0.6 is 7.82 Å². The Morgan fingerprint density at radius 2 is 1.18 bits per heavy atom. The van der Waals surface area contributed by atoms with Crippen molar-refractivity contribution in [1.29, 1.82) is 0 Å². The van der Waals surface area contributed by atoms with Gasteiger partial charge in [0, 0.05) is 12.8 Å². The van der Waals surface area contributed by atoms with E-state index >= 15 is 0 Å². The summed E-state index contributed by atoms with van der Waals surface area (Å²) in [5, 5.41) is 10.0. The van der Waals surface area contributed by atoms with Crippen molar-refractivity contribution in [2.75, 3.05) is 13.2 Å². The number of aliphatic hydroxyl groups excluding tert-OH is 1. The van der Waals surface area contributed by atoms with Crippen molar-refractivity contribution in [2.24, 2.45) is 0 Å². The predicted octanol–water partition coefficient (Wildman–Crippen LogP) is 9.92. The van der Waals surface area contributed by atoms with E-state index in [1.165, 1.54) is 44.9 Å². The summed E-state index contributed by atoms with van der Waals surface area (Å²) < 4.78 is 26.2. The molecule has 49 heavy (non-hydrogen) atoms. The highest BCUT2D eigenvalue weighted by molar-refractivity contribution is 7.46. The van der Waals surface area contributed by atoms with Crippen molar-refractivity contribution in [2.45, 2.75) is 161 Å². The van der Waals surface area contributed by atoms with Crippen LogP contribution in [0.4, 0.5) is 0 Å². The summed E-state index contributed by atoms with van der Waals surface area (Å²) in [4.78, 5) is 42.6. The molecule has 0 heterocycles. The van der Waals surface area contributed by atoms with Crippen LogP contribution in [0.1, 0.15) is 149 Å². The molecule has 0 fully saturated rings.